The van der Waals surface area contributed by atoms with Gasteiger partial charge in [-0.15, -0.1) is 0 Å². The molecule has 24 heavy (non-hydrogen) atoms. The van der Waals surface area contributed by atoms with Gasteiger partial charge in [-0.1, -0.05) is 0 Å². The number of fused-ring (bicyclic) bond motifs is 2. The maximum Gasteiger partial charge on any atom is 0.264 e. The number of aromatic nitrogens is 2. The molecule has 1 amide bonds. The van der Waals surface area contributed by atoms with Crippen LogP contribution in [0.3, 0.4) is 0 Å². The Balaban J connectivity index is 1.70. The van der Waals surface area contributed by atoms with Crippen LogP contribution in [0, 0.1) is 6.92 Å². The molecule has 0 saturated carbocycles. The van der Waals surface area contributed by atoms with Crippen LogP contribution in [0.2, 0.25) is 0 Å². The molecule has 2 N–H and O–H groups in total. The standard InChI is InChI=1S/C17H19N3O4/c1-9-14(16(22)19-15(18-9)13-3-2-6-24-13)17(23)20-10-4-5-11(20)8-12(21)7-10/h2-3,6,10-12,21H,4-5,7-8H2,1H3,(H,18,19,22)/t10-,11+,12?. The summed E-state index contributed by atoms with van der Waals surface area (Å²) in [5, 5.41) is 9.88. The molecule has 7 nitrogen and oxygen atoms in total. The Morgan fingerprint density at radius 3 is 2.67 bits per heavy atom. The number of nitrogens with zero attached hydrogens (tertiary/aromatic N) is 2. The van der Waals surface area contributed by atoms with E-state index < -0.39 is 5.56 Å². The molecule has 0 radical (unpaired) electrons. The van der Waals surface area contributed by atoms with Gasteiger partial charge in [0.15, 0.2) is 11.6 Å². The zero-order valence-corrected chi connectivity index (χ0v) is 13.4. The van der Waals surface area contributed by atoms with E-state index >= 15 is 0 Å². The lowest BCUT2D eigenvalue weighted by molar-refractivity contribution is 0.0284. The number of rotatable bonds is 2. The van der Waals surface area contributed by atoms with Crippen LogP contribution >= 0.6 is 0 Å². The molecule has 2 fully saturated rings. The summed E-state index contributed by atoms with van der Waals surface area (Å²) in [4.78, 5) is 34.2. The smallest absolute Gasteiger partial charge is 0.264 e. The fourth-order valence-corrected chi connectivity index (χ4v) is 3.98. The van der Waals surface area contributed by atoms with Crippen molar-refractivity contribution in [1.82, 2.24) is 14.9 Å². The zero-order chi connectivity index (χ0) is 16.8. The van der Waals surface area contributed by atoms with Crippen molar-refractivity contribution in [3.8, 4) is 11.6 Å². The minimum atomic E-state index is -0.454. The van der Waals surface area contributed by atoms with Crippen LogP contribution in [-0.4, -0.2) is 44.1 Å². The maximum atomic E-state index is 13.0. The summed E-state index contributed by atoms with van der Waals surface area (Å²) in [6, 6.07) is 3.43. The molecular formula is C17H19N3O4. The topological polar surface area (TPSA) is 99.4 Å². The minimum absolute atomic E-state index is 0.00907. The highest BCUT2D eigenvalue weighted by molar-refractivity contribution is 5.95. The summed E-state index contributed by atoms with van der Waals surface area (Å²) in [7, 11) is 0. The van der Waals surface area contributed by atoms with E-state index in [1.807, 2.05) is 0 Å². The first kappa shape index (κ1) is 15.1. The van der Waals surface area contributed by atoms with E-state index in [9.17, 15) is 14.7 Å². The van der Waals surface area contributed by atoms with E-state index in [1.54, 1.807) is 24.0 Å². The fourth-order valence-electron chi connectivity index (χ4n) is 3.98. The lowest BCUT2D eigenvalue weighted by Crippen LogP contribution is -2.49. The number of aryl methyl sites for hydroxylation is 1. The monoisotopic (exact) mass is 329 g/mol. The molecule has 126 valence electrons. The molecule has 4 rings (SSSR count). The summed E-state index contributed by atoms with van der Waals surface area (Å²) >= 11 is 0. The third-order valence-corrected chi connectivity index (χ3v) is 5.01. The van der Waals surface area contributed by atoms with E-state index in [-0.39, 0.29) is 29.7 Å². The van der Waals surface area contributed by atoms with E-state index in [4.69, 9.17) is 4.42 Å². The molecule has 3 atom stereocenters. The Bertz CT molecular complexity index is 813. The number of aromatic amines is 1. The Morgan fingerprint density at radius 1 is 1.38 bits per heavy atom. The molecule has 1 unspecified atom stereocenters. The van der Waals surface area contributed by atoms with Crippen molar-refractivity contribution in [2.45, 2.75) is 50.8 Å². The average Bonchev–Trinajstić information content (AvgIpc) is 3.13. The number of hydrogen-bond acceptors (Lipinski definition) is 5. The number of amides is 1. The summed E-state index contributed by atoms with van der Waals surface area (Å²) in [5.74, 6) is 0.484. The summed E-state index contributed by atoms with van der Waals surface area (Å²) in [6.45, 7) is 1.66. The third kappa shape index (κ3) is 2.36. The first-order chi connectivity index (χ1) is 11.5. The summed E-state index contributed by atoms with van der Waals surface area (Å²) in [5.41, 5.74) is 0.0173. The highest BCUT2D eigenvalue weighted by atomic mass is 16.3. The number of hydrogen-bond donors (Lipinski definition) is 2. The van der Waals surface area contributed by atoms with Gasteiger partial charge in [0.2, 0.25) is 0 Å². The van der Waals surface area contributed by atoms with E-state index in [0.29, 0.717) is 30.1 Å². The second-order valence-electron chi connectivity index (χ2n) is 6.57. The molecule has 2 saturated heterocycles. The lowest BCUT2D eigenvalue weighted by Gasteiger charge is -2.37. The molecule has 2 aromatic rings. The predicted molar refractivity (Wildman–Crippen MR) is 85.5 cm³/mol. The van der Waals surface area contributed by atoms with Crippen molar-refractivity contribution < 1.29 is 14.3 Å². The predicted octanol–water partition coefficient (Wildman–Crippen LogP) is 1.47. The number of aliphatic hydroxyl groups excluding tert-OH is 1. The van der Waals surface area contributed by atoms with Gasteiger partial charge in [-0.05, 0) is 44.7 Å². The first-order valence-corrected chi connectivity index (χ1v) is 8.20. The van der Waals surface area contributed by atoms with Crippen molar-refractivity contribution >= 4 is 5.91 Å². The lowest BCUT2D eigenvalue weighted by atomic mass is 9.98. The van der Waals surface area contributed by atoms with E-state index in [0.717, 1.165) is 12.8 Å². The van der Waals surface area contributed by atoms with Crippen molar-refractivity contribution in [1.29, 1.82) is 0 Å². The van der Waals surface area contributed by atoms with Gasteiger partial charge in [-0.25, -0.2) is 4.98 Å². The summed E-state index contributed by atoms with van der Waals surface area (Å²) in [6.07, 6.45) is 4.06. The Hall–Kier alpha value is -2.41. The molecule has 0 spiro atoms. The number of H-pyrrole nitrogens is 1. The van der Waals surface area contributed by atoms with E-state index in [2.05, 4.69) is 9.97 Å². The molecule has 2 aliphatic rings. The van der Waals surface area contributed by atoms with E-state index in [1.165, 1.54) is 6.26 Å². The van der Waals surface area contributed by atoms with Gasteiger partial charge in [0.05, 0.1) is 18.1 Å². The average molecular weight is 329 g/mol. The number of carbonyl (C=O) groups is 1. The van der Waals surface area contributed by atoms with Crippen LogP contribution in [0.1, 0.15) is 41.7 Å². The Labute approximate surface area is 138 Å². The number of carbonyl (C=O) groups excluding carboxylic acids is 1. The quantitative estimate of drug-likeness (QED) is 0.869. The normalized spacial score (nSPS) is 25.9. The Morgan fingerprint density at radius 2 is 2.08 bits per heavy atom. The van der Waals surface area contributed by atoms with Gasteiger partial charge in [-0.2, -0.15) is 0 Å². The molecule has 7 heteroatoms. The van der Waals surface area contributed by atoms with Crippen LogP contribution in [0.4, 0.5) is 0 Å². The third-order valence-electron chi connectivity index (χ3n) is 5.01. The van der Waals surface area contributed by atoms with Gasteiger partial charge in [0.1, 0.15) is 5.56 Å². The van der Waals surface area contributed by atoms with Gasteiger partial charge >= 0.3 is 0 Å². The van der Waals surface area contributed by atoms with Crippen molar-refractivity contribution in [2.24, 2.45) is 0 Å². The number of nitrogens with one attached hydrogen (secondary N) is 1. The number of piperidine rings is 1. The van der Waals surface area contributed by atoms with Crippen molar-refractivity contribution in [3.05, 3.63) is 40.0 Å². The molecular weight excluding hydrogens is 310 g/mol. The van der Waals surface area contributed by atoms with Gasteiger partial charge in [-0.3, -0.25) is 9.59 Å². The fraction of sp³-hybridized carbons (Fsp3) is 0.471. The molecule has 2 aliphatic heterocycles. The minimum Gasteiger partial charge on any atom is -0.461 e. The van der Waals surface area contributed by atoms with Crippen molar-refractivity contribution in [2.75, 3.05) is 0 Å². The van der Waals surface area contributed by atoms with Crippen LogP contribution < -0.4 is 5.56 Å². The highest BCUT2D eigenvalue weighted by Gasteiger charge is 2.43. The summed E-state index contributed by atoms with van der Waals surface area (Å²) < 4.78 is 5.25. The number of aliphatic hydroxyl groups is 1. The van der Waals surface area contributed by atoms with Crippen LogP contribution in [0.15, 0.2) is 27.6 Å². The van der Waals surface area contributed by atoms with Gasteiger partial charge < -0.3 is 19.4 Å². The van der Waals surface area contributed by atoms with Gasteiger partial charge in [0, 0.05) is 12.1 Å². The SMILES string of the molecule is Cc1nc(-c2ccco2)[nH]c(=O)c1C(=O)N1[C@@H]2CC[C@H]1CC(O)C2. The van der Waals surface area contributed by atoms with Gasteiger partial charge in [0.25, 0.3) is 11.5 Å². The number of furan rings is 1. The zero-order valence-electron chi connectivity index (χ0n) is 13.4. The Kier molecular flexibility index (Phi) is 3.53. The molecule has 0 aromatic carbocycles. The molecule has 2 bridgehead atoms. The van der Waals surface area contributed by atoms with Crippen LogP contribution in [0.25, 0.3) is 11.6 Å². The second-order valence-corrected chi connectivity index (χ2v) is 6.57. The highest BCUT2D eigenvalue weighted by Crippen LogP contribution is 2.36. The molecule has 0 aliphatic carbocycles. The maximum absolute atomic E-state index is 13.0. The second kappa shape index (κ2) is 5.59. The largest absolute Gasteiger partial charge is 0.461 e. The first-order valence-electron chi connectivity index (χ1n) is 8.20. The van der Waals surface area contributed by atoms with Crippen molar-refractivity contribution in [3.63, 3.8) is 0 Å². The van der Waals surface area contributed by atoms with Crippen LogP contribution in [-0.2, 0) is 0 Å². The molecule has 2 aromatic heterocycles. The van der Waals surface area contributed by atoms with Crippen LogP contribution in [0.5, 0.6) is 0 Å². The molecule has 4 heterocycles.